The molecular weight excluding hydrogens is 280 g/mol. The summed E-state index contributed by atoms with van der Waals surface area (Å²) in [7, 11) is 1.71. The van der Waals surface area contributed by atoms with Crippen molar-refractivity contribution >= 4 is 11.3 Å². The third-order valence-corrected chi connectivity index (χ3v) is 4.68. The van der Waals surface area contributed by atoms with Gasteiger partial charge in [0.25, 0.3) is 0 Å². The zero-order chi connectivity index (χ0) is 15.2. The number of aryl methyl sites for hydroxylation is 2. The first kappa shape index (κ1) is 16.0. The summed E-state index contributed by atoms with van der Waals surface area (Å²) in [5.74, 6) is 0.905. The molecular formula is C17H24N2OS. The molecule has 0 aliphatic rings. The first-order valence-corrected chi connectivity index (χ1v) is 8.26. The van der Waals surface area contributed by atoms with Gasteiger partial charge in [0, 0.05) is 17.3 Å². The minimum absolute atomic E-state index is 0.282. The molecule has 0 amide bonds. The lowest BCUT2D eigenvalue weighted by molar-refractivity contribution is 0.412. The van der Waals surface area contributed by atoms with Crippen molar-refractivity contribution in [1.29, 1.82) is 0 Å². The molecule has 114 valence electrons. The van der Waals surface area contributed by atoms with E-state index in [9.17, 15) is 0 Å². The number of nitrogens with zero attached hydrogens (tertiary/aromatic N) is 1. The molecule has 4 heteroatoms. The van der Waals surface area contributed by atoms with Crippen LogP contribution in [0.1, 0.15) is 40.5 Å². The van der Waals surface area contributed by atoms with Crippen molar-refractivity contribution in [2.24, 2.45) is 0 Å². The number of ether oxygens (including phenoxy) is 1. The van der Waals surface area contributed by atoms with Crippen LogP contribution >= 0.6 is 11.3 Å². The highest BCUT2D eigenvalue weighted by atomic mass is 32.1. The molecule has 1 N–H and O–H groups in total. The SMILES string of the molecule is CCCNC(Cc1nc(C)c(C)s1)c1cccc(OC)c1. The summed E-state index contributed by atoms with van der Waals surface area (Å²) in [6, 6.07) is 8.58. The van der Waals surface area contributed by atoms with Gasteiger partial charge in [-0.05, 0) is 44.5 Å². The summed E-state index contributed by atoms with van der Waals surface area (Å²) in [5.41, 5.74) is 2.41. The molecule has 2 aromatic rings. The maximum Gasteiger partial charge on any atom is 0.119 e. The van der Waals surface area contributed by atoms with Crippen LogP contribution in [0.25, 0.3) is 0 Å². The molecule has 0 fully saturated rings. The number of hydrogen-bond donors (Lipinski definition) is 1. The lowest BCUT2D eigenvalue weighted by Crippen LogP contribution is -2.24. The van der Waals surface area contributed by atoms with Gasteiger partial charge in [-0.1, -0.05) is 19.1 Å². The second-order valence-corrected chi connectivity index (χ2v) is 6.52. The monoisotopic (exact) mass is 304 g/mol. The first-order valence-electron chi connectivity index (χ1n) is 7.44. The van der Waals surface area contributed by atoms with Crippen LogP contribution in [0, 0.1) is 13.8 Å². The van der Waals surface area contributed by atoms with Gasteiger partial charge in [0.05, 0.1) is 17.8 Å². The van der Waals surface area contributed by atoms with E-state index < -0.39 is 0 Å². The number of methoxy groups -OCH3 is 1. The zero-order valence-electron chi connectivity index (χ0n) is 13.3. The highest BCUT2D eigenvalue weighted by Crippen LogP contribution is 2.25. The van der Waals surface area contributed by atoms with Gasteiger partial charge in [-0.15, -0.1) is 11.3 Å². The van der Waals surface area contributed by atoms with Crippen LogP contribution in [0.4, 0.5) is 0 Å². The molecule has 21 heavy (non-hydrogen) atoms. The summed E-state index contributed by atoms with van der Waals surface area (Å²) < 4.78 is 5.34. The molecule has 1 heterocycles. The molecule has 1 atom stereocenters. The molecule has 0 aliphatic carbocycles. The lowest BCUT2D eigenvalue weighted by Gasteiger charge is -2.18. The van der Waals surface area contributed by atoms with Crippen LogP contribution in [-0.2, 0) is 6.42 Å². The highest BCUT2D eigenvalue weighted by molar-refractivity contribution is 7.11. The summed E-state index contributed by atoms with van der Waals surface area (Å²) in [6.45, 7) is 7.41. The Morgan fingerprint density at radius 1 is 1.33 bits per heavy atom. The largest absolute Gasteiger partial charge is 0.497 e. The standard InChI is InChI=1S/C17H24N2OS/c1-5-9-18-16(11-17-19-12(2)13(3)21-17)14-7-6-8-15(10-14)20-4/h6-8,10,16,18H,5,9,11H2,1-4H3. The molecule has 1 aromatic carbocycles. The van der Waals surface area contributed by atoms with Crippen molar-refractivity contribution in [3.63, 3.8) is 0 Å². The third-order valence-electron chi connectivity index (χ3n) is 3.59. The van der Waals surface area contributed by atoms with Crippen LogP contribution < -0.4 is 10.1 Å². The summed E-state index contributed by atoms with van der Waals surface area (Å²) in [4.78, 5) is 5.98. The van der Waals surface area contributed by atoms with Crippen molar-refractivity contribution in [2.75, 3.05) is 13.7 Å². The zero-order valence-corrected chi connectivity index (χ0v) is 14.1. The van der Waals surface area contributed by atoms with Gasteiger partial charge in [-0.3, -0.25) is 0 Å². The molecule has 0 aliphatic heterocycles. The van der Waals surface area contributed by atoms with Gasteiger partial charge in [0.15, 0.2) is 0 Å². The van der Waals surface area contributed by atoms with E-state index in [1.807, 2.05) is 12.1 Å². The average molecular weight is 304 g/mol. The molecule has 0 saturated heterocycles. The fourth-order valence-electron chi connectivity index (χ4n) is 2.29. The van der Waals surface area contributed by atoms with Crippen LogP contribution in [-0.4, -0.2) is 18.6 Å². The predicted molar refractivity (Wildman–Crippen MR) is 89.3 cm³/mol. The van der Waals surface area contributed by atoms with E-state index in [0.717, 1.165) is 30.8 Å². The van der Waals surface area contributed by atoms with Gasteiger partial charge in [-0.25, -0.2) is 4.98 Å². The Bertz CT molecular complexity index is 560. The second kappa shape index (κ2) is 7.57. The molecule has 0 bridgehead atoms. The molecule has 0 radical (unpaired) electrons. The number of aromatic nitrogens is 1. The van der Waals surface area contributed by atoms with E-state index in [2.05, 4.69) is 43.2 Å². The molecule has 2 rings (SSSR count). The minimum atomic E-state index is 0.282. The lowest BCUT2D eigenvalue weighted by atomic mass is 10.0. The Kier molecular flexibility index (Phi) is 5.76. The fraction of sp³-hybridized carbons (Fsp3) is 0.471. The molecule has 3 nitrogen and oxygen atoms in total. The number of benzene rings is 1. The van der Waals surface area contributed by atoms with Gasteiger partial charge >= 0.3 is 0 Å². The first-order chi connectivity index (χ1) is 10.1. The minimum Gasteiger partial charge on any atom is -0.497 e. The van der Waals surface area contributed by atoms with Crippen molar-refractivity contribution in [1.82, 2.24) is 10.3 Å². The number of nitrogens with one attached hydrogen (secondary N) is 1. The van der Waals surface area contributed by atoms with Crippen molar-refractivity contribution in [3.8, 4) is 5.75 Å². The maximum atomic E-state index is 5.34. The topological polar surface area (TPSA) is 34.2 Å². The average Bonchev–Trinajstić information content (AvgIpc) is 2.81. The van der Waals surface area contributed by atoms with Gasteiger partial charge in [-0.2, -0.15) is 0 Å². The van der Waals surface area contributed by atoms with Crippen LogP contribution in [0.15, 0.2) is 24.3 Å². The molecule has 1 aromatic heterocycles. The van der Waals surface area contributed by atoms with E-state index in [-0.39, 0.29) is 6.04 Å². The van der Waals surface area contributed by atoms with Gasteiger partial charge in [0.2, 0.25) is 0 Å². The smallest absolute Gasteiger partial charge is 0.119 e. The predicted octanol–water partition coefficient (Wildman–Crippen LogP) is 4.05. The van der Waals surface area contributed by atoms with Crippen molar-refractivity contribution in [3.05, 3.63) is 45.4 Å². The van der Waals surface area contributed by atoms with E-state index in [1.54, 1.807) is 18.4 Å². The van der Waals surface area contributed by atoms with Crippen LogP contribution in [0.2, 0.25) is 0 Å². The van der Waals surface area contributed by atoms with Crippen LogP contribution in [0.5, 0.6) is 5.75 Å². The number of hydrogen-bond acceptors (Lipinski definition) is 4. The van der Waals surface area contributed by atoms with Gasteiger partial charge in [0.1, 0.15) is 5.75 Å². The summed E-state index contributed by atoms with van der Waals surface area (Å²) >= 11 is 1.80. The molecule has 0 saturated carbocycles. The number of rotatable bonds is 7. The Labute approximate surface area is 131 Å². The van der Waals surface area contributed by atoms with E-state index in [0.29, 0.717) is 0 Å². The Morgan fingerprint density at radius 2 is 2.14 bits per heavy atom. The quantitative estimate of drug-likeness (QED) is 0.838. The number of thiazole rings is 1. The maximum absolute atomic E-state index is 5.34. The normalized spacial score (nSPS) is 12.4. The van der Waals surface area contributed by atoms with E-state index in [4.69, 9.17) is 4.74 Å². The van der Waals surface area contributed by atoms with E-state index >= 15 is 0 Å². The van der Waals surface area contributed by atoms with Gasteiger partial charge < -0.3 is 10.1 Å². The Balaban J connectivity index is 2.20. The highest BCUT2D eigenvalue weighted by Gasteiger charge is 2.15. The molecule has 0 spiro atoms. The van der Waals surface area contributed by atoms with Crippen molar-refractivity contribution < 1.29 is 4.74 Å². The summed E-state index contributed by atoms with van der Waals surface area (Å²) in [5, 5.41) is 4.82. The Morgan fingerprint density at radius 3 is 2.76 bits per heavy atom. The summed E-state index contributed by atoms with van der Waals surface area (Å²) in [6.07, 6.45) is 2.04. The molecule has 1 unspecified atom stereocenters. The van der Waals surface area contributed by atoms with Crippen LogP contribution in [0.3, 0.4) is 0 Å². The van der Waals surface area contributed by atoms with E-state index in [1.165, 1.54) is 15.4 Å². The second-order valence-electron chi connectivity index (χ2n) is 5.24. The fourth-order valence-corrected chi connectivity index (χ4v) is 3.27. The van der Waals surface area contributed by atoms with Crippen molar-refractivity contribution in [2.45, 2.75) is 39.7 Å². The third kappa shape index (κ3) is 4.29. The Hall–Kier alpha value is -1.39.